The van der Waals surface area contributed by atoms with Crippen LogP contribution in [0.1, 0.15) is 24.2 Å². The van der Waals surface area contributed by atoms with Gasteiger partial charge in [0.25, 0.3) is 0 Å². The number of carbonyl (C=O) groups excluding carboxylic acids is 1. The van der Waals surface area contributed by atoms with Crippen LogP contribution in [0.2, 0.25) is 0 Å². The minimum atomic E-state index is -1.11. The third kappa shape index (κ3) is 2.61. The molecular formula is C15H15F2NO3S. The van der Waals surface area contributed by atoms with Crippen LogP contribution >= 0.6 is 11.8 Å². The van der Waals surface area contributed by atoms with Crippen molar-refractivity contribution in [3.63, 3.8) is 0 Å². The summed E-state index contributed by atoms with van der Waals surface area (Å²) in [6.07, 6.45) is 2.93. The molecule has 0 N–H and O–H groups in total. The minimum Gasteiger partial charge on any atom is -0.462 e. The Balaban J connectivity index is 2.93. The van der Waals surface area contributed by atoms with E-state index in [1.54, 1.807) is 24.7 Å². The summed E-state index contributed by atoms with van der Waals surface area (Å²) in [5.41, 5.74) is -0.562. The first kappa shape index (κ1) is 16.5. The van der Waals surface area contributed by atoms with Gasteiger partial charge in [-0.1, -0.05) is 0 Å². The number of esters is 1. The summed E-state index contributed by atoms with van der Waals surface area (Å²) >= 11 is 1.01. The molecule has 2 rings (SSSR count). The number of rotatable bonds is 4. The van der Waals surface area contributed by atoms with Crippen molar-refractivity contribution in [2.24, 2.45) is 0 Å². The summed E-state index contributed by atoms with van der Waals surface area (Å²) in [7, 11) is 0. The van der Waals surface area contributed by atoms with Gasteiger partial charge in [0.1, 0.15) is 5.56 Å². The van der Waals surface area contributed by atoms with Gasteiger partial charge >= 0.3 is 5.97 Å². The summed E-state index contributed by atoms with van der Waals surface area (Å²) in [5, 5.41) is -0.0318. The van der Waals surface area contributed by atoms with Gasteiger partial charge < -0.3 is 9.30 Å². The van der Waals surface area contributed by atoms with Crippen molar-refractivity contribution in [1.29, 1.82) is 0 Å². The zero-order valence-corrected chi connectivity index (χ0v) is 13.2. The van der Waals surface area contributed by atoms with Crippen LogP contribution in [0.3, 0.4) is 0 Å². The maximum Gasteiger partial charge on any atom is 0.343 e. The third-order valence-corrected chi connectivity index (χ3v) is 4.03. The number of halogens is 2. The summed E-state index contributed by atoms with van der Waals surface area (Å²) in [4.78, 5) is 24.4. The van der Waals surface area contributed by atoms with Crippen LogP contribution in [0.4, 0.5) is 8.78 Å². The lowest BCUT2D eigenvalue weighted by Crippen LogP contribution is -2.21. The van der Waals surface area contributed by atoms with Gasteiger partial charge in [0, 0.05) is 12.7 Å². The normalized spacial score (nSPS) is 11.0. The second-order valence-corrected chi connectivity index (χ2v) is 5.30. The first-order valence-electron chi connectivity index (χ1n) is 6.72. The predicted molar refractivity (Wildman–Crippen MR) is 81.5 cm³/mol. The number of hydrogen-bond donors (Lipinski definition) is 0. The van der Waals surface area contributed by atoms with Crippen LogP contribution in [0.25, 0.3) is 10.9 Å². The molecular weight excluding hydrogens is 312 g/mol. The van der Waals surface area contributed by atoms with E-state index in [0.717, 1.165) is 17.8 Å². The molecule has 0 saturated heterocycles. The highest BCUT2D eigenvalue weighted by atomic mass is 32.2. The fourth-order valence-corrected chi connectivity index (χ4v) is 2.96. The maximum absolute atomic E-state index is 14.0. The largest absolute Gasteiger partial charge is 0.462 e. The monoisotopic (exact) mass is 327 g/mol. The van der Waals surface area contributed by atoms with E-state index >= 15 is 0 Å². The molecule has 1 aromatic carbocycles. The predicted octanol–water partition coefficient (Wildman–Crippen LogP) is 3.20. The molecule has 1 heterocycles. The standard InChI is InChI=1S/C15H15F2NO3S/c1-4-18-7-9(15(20)21-5-2)13(19)8-6-10(16)11(17)14(22-3)12(8)18/h6-7H,4-5H2,1-3H3. The van der Waals surface area contributed by atoms with Crippen molar-refractivity contribution in [2.45, 2.75) is 25.3 Å². The molecule has 0 spiro atoms. The van der Waals surface area contributed by atoms with Crippen molar-refractivity contribution in [1.82, 2.24) is 4.57 Å². The zero-order valence-electron chi connectivity index (χ0n) is 12.4. The van der Waals surface area contributed by atoms with E-state index in [1.165, 1.54) is 6.20 Å². The fourth-order valence-electron chi connectivity index (χ4n) is 2.27. The first-order valence-corrected chi connectivity index (χ1v) is 7.94. The Hall–Kier alpha value is -1.89. The van der Waals surface area contributed by atoms with Gasteiger partial charge in [-0.2, -0.15) is 0 Å². The lowest BCUT2D eigenvalue weighted by atomic mass is 10.1. The Bertz CT molecular complexity index is 802. The molecule has 4 nitrogen and oxygen atoms in total. The molecule has 7 heteroatoms. The van der Waals surface area contributed by atoms with Crippen LogP contribution in [0.15, 0.2) is 22.0 Å². The molecule has 22 heavy (non-hydrogen) atoms. The van der Waals surface area contributed by atoms with E-state index in [-0.39, 0.29) is 28.0 Å². The average molecular weight is 327 g/mol. The maximum atomic E-state index is 14.0. The number of carbonyl (C=O) groups is 1. The molecule has 1 aromatic heterocycles. The molecule has 0 aliphatic heterocycles. The van der Waals surface area contributed by atoms with Gasteiger partial charge in [0.15, 0.2) is 11.6 Å². The molecule has 118 valence electrons. The quantitative estimate of drug-likeness (QED) is 0.639. The highest BCUT2D eigenvalue weighted by molar-refractivity contribution is 7.98. The lowest BCUT2D eigenvalue weighted by Gasteiger charge is -2.14. The number of fused-ring (bicyclic) bond motifs is 1. The van der Waals surface area contributed by atoms with Crippen molar-refractivity contribution in [2.75, 3.05) is 12.9 Å². The van der Waals surface area contributed by atoms with Gasteiger partial charge in [0.05, 0.1) is 22.4 Å². The molecule has 0 fully saturated rings. The SMILES string of the molecule is CCOC(=O)c1cn(CC)c2c(SC)c(F)c(F)cc2c1=O. The fraction of sp³-hybridized carbons (Fsp3) is 0.333. The van der Waals surface area contributed by atoms with Gasteiger partial charge in [-0.3, -0.25) is 4.79 Å². The van der Waals surface area contributed by atoms with E-state index in [4.69, 9.17) is 4.74 Å². The van der Waals surface area contributed by atoms with Gasteiger partial charge in [0.2, 0.25) is 5.43 Å². The number of benzene rings is 1. The van der Waals surface area contributed by atoms with Crippen molar-refractivity contribution < 1.29 is 18.3 Å². The molecule has 0 aliphatic carbocycles. The second-order valence-electron chi connectivity index (χ2n) is 4.48. The van der Waals surface area contributed by atoms with E-state index < -0.39 is 23.0 Å². The van der Waals surface area contributed by atoms with E-state index in [9.17, 15) is 18.4 Å². The molecule has 0 unspecified atom stereocenters. The number of ether oxygens (including phenoxy) is 1. The zero-order chi connectivity index (χ0) is 16.4. The van der Waals surface area contributed by atoms with Crippen molar-refractivity contribution in [3.8, 4) is 0 Å². The molecule has 0 atom stereocenters. The molecule has 2 aromatic rings. The Morgan fingerprint density at radius 1 is 1.36 bits per heavy atom. The number of pyridine rings is 1. The summed E-state index contributed by atoms with van der Waals surface area (Å²) < 4.78 is 34.1. The third-order valence-electron chi connectivity index (χ3n) is 3.25. The Labute approximate surface area is 130 Å². The van der Waals surface area contributed by atoms with E-state index in [2.05, 4.69) is 0 Å². The van der Waals surface area contributed by atoms with Crippen molar-refractivity contribution in [3.05, 3.63) is 39.7 Å². The molecule has 0 radical (unpaired) electrons. The highest BCUT2D eigenvalue weighted by Gasteiger charge is 2.21. The number of aromatic nitrogens is 1. The Kier molecular flexibility index (Phi) is 4.85. The molecule has 0 bridgehead atoms. The second kappa shape index (κ2) is 6.48. The minimum absolute atomic E-state index is 0.0318. The number of thioether (sulfide) groups is 1. The van der Waals surface area contributed by atoms with Crippen molar-refractivity contribution >= 4 is 28.6 Å². The lowest BCUT2D eigenvalue weighted by molar-refractivity contribution is 0.0524. The number of nitrogens with zero attached hydrogens (tertiary/aromatic N) is 1. The average Bonchev–Trinajstić information content (AvgIpc) is 2.50. The summed E-state index contributed by atoms with van der Waals surface area (Å²) in [6.45, 7) is 3.92. The van der Waals surface area contributed by atoms with Crippen LogP contribution < -0.4 is 5.43 Å². The summed E-state index contributed by atoms with van der Waals surface area (Å²) in [5.74, 6) is -2.88. The van der Waals surface area contributed by atoms with Gasteiger partial charge in [-0.15, -0.1) is 11.8 Å². The number of hydrogen-bond acceptors (Lipinski definition) is 4. The van der Waals surface area contributed by atoms with Crippen LogP contribution in [0.5, 0.6) is 0 Å². The molecule has 0 aliphatic rings. The topological polar surface area (TPSA) is 48.3 Å². The van der Waals surface area contributed by atoms with Gasteiger partial charge in [-0.25, -0.2) is 13.6 Å². The smallest absolute Gasteiger partial charge is 0.343 e. The van der Waals surface area contributed by atoms with Crippen LogP contribution in [-0.2, 0) is 11.3 Å². The first-order chi connectivity index (χ1) is 10.5. The highest BCUT2D eigenvalue weighted by Crippen LogP contribution is 2.30. The Morgan fingerprint density at radius 3 is 2.59 bits per heavy atom. The summed E-state index contributed by atoms with van der Waals surface area (Å²) in [6, 6.07) is 0.835. The molecule has 0 amide bonds. The van der Waals surface area contributed by atoms with Crippen LogP contribution in [-0.4, -0.2) is 23.4 Å². The van der Waals surface area contributed by atoms with E-state index in [1.807, 2.05) is 0 Å². The number of aryl methyl sites for hydroxylation is 1. The van der Waals surface area contributed by atoms with E-state index in [0.29, 0.717) is 6.54 Å². The van der Waals surface area contributed by atoms with Crippen LogP contribution in [0, 0.1) is 11.6 Å². The Morgan fingerprint density at radius 2 is 2.05 bits per heavy atom. The van der Waals surface area contributed by atoms with Gasteiger partial charge in [-0.05, 0) is 26.2 Å². The molecule has 0 saturated carbocycles.